The number of ether oxygens (including phenoxy) is 5. The number of esters is 3. The summed E-state index contributed by atoms with van der Waals surface area (Å²) in [5.41, 5.74) is 5.45. The van der Waals surface area contributed by atoms with Crippen molar-refractivity contribution in [1.29, 1.82) is 0 Å². The number of hydrogen-bond donors (Lipinski definition) is 5. The van der Waals surface area contributed by atoms with Crippen LogP contribution in [0, 0.1) is 11.8 Å². The Bertz CT molecular complexity index is 3750. The SMILES string of the molecule is C=CCOc1cc(C(=O)N[C@H](Cc2ccc(-c3cccc(Cl)c3)cc2)C[C@@H](O)C(=O)O)nn1-c1ccccn1.C=CCOc1cc(C(=O)N[C@H](Cc2ccc(-c3cccc(Cl)c3)cc2)C[C@@H](O)C(=O)OCOC(=O)[C@@H](CC(=O)OC)C(C)C)nn1-c1ccccn1. The molecule has 91 heavy (non-hydrogen) atoms. The lowest BCUT2D eigenvalue weighted by Crippen LogP contribution is -2.41. The average Bonchev–Trinajstić information content (AvgIpc) is 1.85. The maximum absolute atomic E-state index is 13.6. The lowest BCUT2D eigenvalue weighted by molar-refractivity contribution is -0.178. The molecule has 0 fully saturated rings. The molecule has 5 atom stereocenters. The van der Waals surface area contributed by atoms with Gasteiger partial charge < -0.3 is 49.6 Å². The van der Waals surface area contributed by atoms with Crippen molar-refractivity contribution in [3.63, 3.8) is 0 Å². The molecule has 5 N–H and O–H groups in total. The molecular formula is C67H68Cl2N8O14. The van der Waals surface area contributed by atoms with Gasteiger partial charge in [-0.3, -0.25) is 19.2 Å². The molecule has 2 amide bonds. The Morgan fingerprint density at radius 1 is 0.582 bits per heavy atom. The first-order valence-corrected chi connectivity index (χ1v) is 29.4. The lowest BCUT2D eigenvalue weighted by atomic mass is 9.93. The van der Waals surface area contributed by atoms with Gasteiger partial charge in [-0.25, -0.2) is 19.6 Å². The lowest BCUT2D eigenvalue weighted by Gasteiger charge is -2.21. The van der Waals surface area contributed by atoms with Gasteiger partial charge in [-0.05, 0) is 101 Å². The van der Waals surface area contributed by atoms with Crippen molar-refractivity contribution < 1.29 is 67.8 Å². The fourth-order valence-corrected chi connectivity index (χ4v) is 9.53. The van der Waals surface area contributed by atoms with Gasteiger partial charge in [0.05, 0.1) is 19.4 Å². The molecule has 22 nitrogen and oxygen atoms in total. The number of carboxylic acids is 1. The molecule has 0 aliphatic rings. The van der Waals surface area contributed by atoms with E-state index < -0.39 is 72.7 Å². The minimum absolute atomic E-state index is 0.00154. The Hall–Kier alpha value is -10.0. The average molecular weight is 1280 g/mol. The molecule has 8 rings (SSSR count). The third kappa shape index (κ3) is 20.5. The Morgan fingerprint density at radius 3 is 1.43 bits per heavy atom. The number of rotatable bonds is 30. The molecule has 0 radical (unpaired) electrons. The second-order valence-electron chi connectivity index (χ2n) is 20.8. The van der Waals surface area contributed by atoms with E-state index in [-0.39, 0.29) is 74.4 Å². The summed E-state index contributed by atoms with van der Waals surface area (Å²) in [7, 11) is 1.21. The Balaban J connectivity index is 0.000000269. The molecule has 0 spiro atoms. The number of pyridine rings is 2. The topological polar surface area (TPSA) is 295 Å². The molecule has 24 heteroatoms. The molecule has 0 saturated heterocycles. The fraction of sp³-hybridized carbons (Fsp3) is 0.254. The van der Waals surface area contributed by atoms with Gasteiger partial charge in [-0.2, -0.15) is 19.6 Å². The number of halogens is 2. The summed E-state index contributed by atoms with van der Waals surface area (Å²) < 4.78 is 28.9. The number of hydrogen-bond acceptors (Lipinski definition) is 17. The van der Waals surface area contributed by atoms with Gasteiger partial charge in [0, 0.05) is 59.5 Å². The molecule has 0 aliphatic heterocycles. The van der Waals surface area contributed by atoms with E-state index in [0.717, 1.165) is 33.4 Å². The zero-order valence-electron chi connectivity index (χ0n) is 50.0. The van der Waals surface area contributed by atoms with E-state index in [2.05, 4.69) is 48.7 Å². The summed E-state index contributed by atoms with van der Waals surface area (Å²) in [5.74, 6) is -4.59. The molecule has 4 aromatic heterocycles. The highest BCUT2D eigenvalue weighted by Gasteiger charge is 2.30. The Kier molecular flexibility index (Phi) is 25.7. The second kappa shape index (κ2) is 34.1. The van der Waals surface area contributed by atoms with Crippen LogP contribution in [-0.2, 0) is 46.2 Å². The van der Waals surface area contributed by atoms with Gasteiger partial charge >= 0.3 is 23.9 Å². The zero-order valence-corrected chi connectivity index (χ0v) is 51.5. The van der Waals surface area contributed by atoms with Gasteiger partial charge in [-0.1, -0.05) is 147 Å². The first kappa shape index (κ1) is 68.5. The first-order valence-electron chi connectivity index (χ1n) is 28.6. The van der Waals surface area contributed by atoms with Crippen molar-refractivity contribution in [3.05, 3.63) is 216 Å². The molecule has 0 unspecified atom stereocenters. The third-order valence-corrected chi connectivity index (χ3v) is 14.3. The molecular weight excluding hydrogens is 1210 g/mol. The largest absolute Gasteiger partial charge is 0.479 e. The number of carbonyl (C=O) groups is 6. The molecule has 474 valence electrons. The highest BCUT2D eigenvalue weighted by molar-refractivity contribution is 6.31. The van der Waals surface area contributed by atoms with Crippen LogP contribution in [0.3, 0.4) is 0 Å². The number of benzene rings is 4. The number of aliphatic hydroxyl groups excluding tert-OH is 2. The van der Waals surface area contributed by atoms with Crippen LogP contribution < -0.4 is 20.1 Å². The van der Waals surface area contributed by atoms with Crippen molar-refractivity contribution in [2.45, 2.75) is 70.2 Å². The van der Waals surface area contributed by atoms with Crippen molar-refractivity contribution in [3.8, 4) is 45.6 Å². The fourth-order valence-electron chi connectivity index (χ4n) is 9.15. The molecule has 0 aliphatic carbocycles. The number of nitrogens with zero attached hydrogens (tertiary/aromatic N) is 6. The normalized spacial score (nSPS) is 12.5. The molecule has 0 bridgehead atoms. The van der Waals surface area contributed by atoms with Crippen LogP contribution in [0.4, 0.5) is 0 Å². The van der Waals surface area contributed by atoms with Crippen LogP contribution >= 0.6 is 23.2 Å². The van der Waals surface area contributed by atoms with Gasteiger partial charge in [0.25, 0.3) is 11.8 Å². The van der Waals surface area contributed by atoms with Crippen LogP contribution in [-0.4, -0.2) is 132 Å². The number of aromatic nitrogens is 6. The number of carbonyl (C=O) groups excluding carboxylic acids is 5. The summed E-state index contributed by atoms with van der Waals surface area (Å²) in [6.45, 7) is 10.3. The number of aliphatic hydroxyl groups is 2. The van der Waals surface area contributed by atoms with Crippen molar-refractivity contribution in [2.24, 2.45) is 11.8 Å². The maximum Gasteiger partial charge on any atom is 0.337 e. The smallest absolute Gasteiger partial charge is 0.337 e. The molecule has 0 saturated carbocycles. The zero-order chi connectivity index (χ0) is 65.4. The first-order chi connectivity index (χ1) is 43.8. The van der Waals surface area contributed by atoms with Crippen LogP contribution in [0.25, 0.3) is 33.9 Å². The highest BCUT2D eigenvalue weighted by Crippen LogP contribution is 2.27. The van der Waals surface area contributed by atoms with Gasteiger partial charge in [0.2, 0.25) is 18.6 Å². The summed E-state index contributed by atoms with van der Waals surface area (Å²) in [4.78, 5) is 83.8. The second-order valence-corrected chi connectivity index (χ2v) is 21.7. The summed E-state index contributed by atoms with van der Waals surface area (Å²) in [6.07, 6.45) is 2.77. The van der Waals surface area contributed by atoms with E-state index in [4.69, 9.17) is 42.1 Å². The Labute approximate surface area is 535 Å². The van der Waals surface area contributed by atoms with Crippen LogP contribution in [0.15, 0.2) is 183 Å². The van der Waals surface area contributed by atoms with Gasteiger partial charge in [0.15, 0.2) is 35.2 Å². The minimum atomic E-state index is -1.71. The number of aliphatic carboxylic acids is 1. The van der Waals surface area contributed by atoms with Crippen LogP contribution in [0.5, 0.6) is 11.8 Å². The summed E-state index contributed by atoms with van der Waals surface area (Å²) >= 11 is 12.3. The summed E-state index contributed by atoms with van der Waals surface area (Å²) in [5, 5.41) is 45.9. The number of carboxylic acid groups (broad SMARTS) is 1. The van der Waals surface area contributed by atoms with Crippen LogP contribution in [0.2, 0.25) is 10.0 Å². The van der Waals surface area contributed by atoms with E-state index in [9.17, 15) is 44.1 Å². The van der Waals surface area contributed by atoms with E-state index in [0.29, 0.717) is 21.7 Å². The molecule has 4 aromatic carbocycles. The minimum Gasteiger partial charge on any atom is -0.479 e. The molecule has 4 heterocycles. The number of amides is 2. The third-order valence-electron chi connectivity index (χ3n) is 13.8. The maximum atomic E-state index is 13.6. The summed E-state index contributed by atoms with van der Waals surface area (Å²) in [6, 6.07) is 42.0. The van der Waals surface area contributed by atoms with E-state index in [1.165, 1.54) is 28.6 Å². The van der Waals surface area contributed by atoms with Crippen molar-refractivity contribution >= 4 is 58.9 Å². The van der Waals surface area contributed by atoms with Gasteiger partial charge in [-0.15, -0.1) is 0 Å². The monoisotopic (exact) mass is 1280 g/mol. The predicted octanol–water partition coefficient (Wildman–Crippen LogP) is 9.45. The van der Waals surface area contributed by atoms with Crippen molar-refractivity contribution in [2.75, 3.05) is 27.1 Å². The Morgan fingerprint density at radius 2 is 1.03 bits per heavy atom. The quantitative estimate of drug-likeness (QED) is 0.0159. The standard InChI is InChI=1S/C38H41ClN4O9.C29H27ClN4O5/c1-5-17-50-34-22-31(42-43(34)33-11-6-7-16-40-33)36(46)41-29(18-25-12-14-26(15-13-25)27-9-8-10-28(39)19-27)20-32(44)38(48)52-23-51-37(47)30(24(2)3)21-35(45)49-4;1-2-14-39-27-18-24(33-34(27)26-8-3-4-13-31-26)28(36)32-23(17-25(35)29(37)38)15-19-9-11-20(12-10-19)21-6-5-7-22(30)16-21/h5-16,19,22,24,29-30,32,44H,1,17-18,20-21,23H2,2-4H3,(H,41,46);2-13,16,18,23,25,35H,1,14-15,17H2,(H,32,36)(H,37,38)/t29-,30+,32-;23-,25-/m11/s1. The highest BCUT2D eigenvalue weighted by atomic mass is 35.5. The van der Waals surface area contributed by atoms with E-state index >= 15 is 0 Å². The van der Waals surface area contributed by atoms with E-state index in [1.807, 2.05) is 84.9 Å². The van der Waals surface area contributed by atoms with Crippen LogP contribution in [0.1, 0.15) is 65.2 Å². The van der Waals surface area contributed by atoms with Gasteiger partial charge in [0.1, 0.15) is 13.2 Å². The predicted molar refractivity (Wildman–Crippen MR) is 339 cm³/mol. The number of nitrogens with one attached hydrogen (secondary N) is 2. The molecule has 8 aromatic rings. The number of methoxy groups -OCH3 is 1. The van der Waals surface area contributed by atoms with Crippen molar-refractivity contribution in [1.82, 2.24) is 40.2 Å². The van der Waals surface area contributed by atoms with E-state index in [1.54, 1.807) is 86.9 Å².